The Morgan fingerprint density at radius 1 is 0.732 bits per heavy atom. The first-order chi connectivity index (χ1) is 19.4. The highest BCUT2D eigenvalue weighted by molar-refractivity contribution is 5.72. The van der Waals surface area contributed by atoms with Gasteiger partial charge in [-0.1, -0.05) is 63.6 Å². The normalized spacial score (nSPS) is 17.2. The van der Waals surface area contributed by atoms with Crippen LogP contribution in [0.5, 0.6) is 5.75 Å². The molecule has 0 atom stereocenters. The molecule has 10 heteroatoms. The summed E-state index contributed by atoms with van der Waals surface area (Å²) in [4.78, 5) is 0. The summed E-state index contributed by atoms with van der Waals surface area (Å²) in [5.41, 5.74) is -0.626. The van der Waals surface area contributed by atoms with Gasteiger partial charge in [-0.25, -0.2) is 17.6 Å². The molecule has 0 amide bonds. The van der Waals surface area contributed by atoms with Gasteiger partial charge in [0.05, 0.1) is 12.2 Å². The van der Waals surface area contributed by atoms with Gasteiger partial charge in [-0.05, 0) is 71.3 Å². The van der Waals surface area contributed by atoms with Crippen molar-refractivity contribution in [3.63, 3.8) is 0 Å². The van der Waals surface area contributed by atoms with Crippen molar-refractivity contribution in [3.05, 3.63) is 77.9 Å². The van der Waals surface area contributed by atoms with E-state index < -0.39 is 47.1 Å². The van der Waals surface area contributed by atoms with E-state index in [1.165, 1.54) is 50.7 Å². The standard InChI is InChI=1S/C20H10F8O.C11H21F/c21-13-4-1-10(2-5-13)12-8-15(23)18(16(24)9-12)11-3-6-17(14(22)7-11)29-20(27,28)19(25)26;1-2-3-10-4-6-11(7-5-10)8-9-12/h1-9,19H;10-11H,2-9H2,1H3. The lowest BCUT2D eigenvalue weighted by Gasteiger charge is -2.27. The maximum absolute atomic E-state index is 14.5. The number of halogens is 9. The van der Waals surface area contributed by atoms with E-state index in [0.717, 1.165) is 42.7 Å². The highest BCUT2D eigenvalue weighted by Gasteiger charge is 2.44. The molecule has 1 fully saturated rings. The third-order valence-electron chi connectivity index (χ3n) is 7.12. The molecule has 0 aliphatic heterocycles. The van der Waals surface area contributed by atoms with Gasteiger partial charge in [0.15, 0.2) is 11.6 Å². The Balaban J connectivity index is 0.000000322. The minimum Gasteiger partial charge on any atom is -0.425 e. The molecule has 3 aromatic rings. The van der Waals surface area contributed by atoms with Crippen molar-refractivity contribution in [1.29, 1.82) is 0 Å². The van der Waals surface area contributed by atoms with Gasteiger partial charge >= 0.3 is 12.5 Å². The molecule has 0 saturated heterocycles. The van der Waals surface area contributed by atoms with E-state index in [2.05, 4.69) is 11.7 Å². The van der Waals surface area contributed by atoms with E-state index in [1.54, 1.807) is 0 Å². The minimum absolute atomic E-state index is 0.0840. The van der Waals surface area contributed by atoms with E-state index in [-0.39, 0.29) is 17.8 Å². The van der Waals surface area contributed by atoms with Crippen LogP contribution in [-0.4, -0.2) is 19.2 Å². The van der Waals surface area contributed by atoms with Crippen LogP contribution < -0.4 is 4.74 Å². The fraction of sp³-hybridized carbons (Fsp3) is 0.419. The van der Waals surface area contributed by atoms with Gasteiger partial charge in [0.25, 0.3) is 0 Å². The van der Waals surface area contributed by atoms with Crippen LogP contribution in [0.3, 0.4) is 0 Å². The monoisotopic (exact) mass is 590 g/mol. The molecule has 0 heterocycles. The topological polar surface area (TPSA) is 9.23 Å². The lowest BCUT2D eigenvalue weighted by molar-refractivity contribution is -0.254. The first-order valence-corrected chi connectivity index (χ1v) is 13.4. The van der Waals surface area contributed by atoms with E-state index >= 15 is 0 Å². The molecule has 1 nitrogen and oxygen atoms in total. The Kier molecular flexibility index (Phi) is 11.5. The van der Waals surface area contributed by atoms with Crippen LogP contribution in [0.1, 0.15) is 51.9 Å². The predicted molar refractivity (Wildman–Crippen MR) is 140 cm³/mol. The molecule has 1 aliphatic rings. The van der Waals surface area contributed by atoms with Crippen LogP contribution >= 0.6 is 0 Å². The second-order valence-electron chi connectivity index (χ2n) is 10.1. The maximum atomic E-state index is 14.5. The summed E-state index contributed by atoms with van der Waals surface area (Å²) in [5, 5.41) is 0. The summed E-state index contributed by atoms with van der Waals surface area (Å²) >= 11 is 0. The van der Waals surface area contributed by atoms with Crippen molar-refractivity contribution in [2.75, 3.05) is 6.67 Å². The fourth-order valence-corrected chi connectivity index (χ4v) is 4.96. The Labute approximate surface area is 233 Å². The van der Waals surface area contributed by atoms with Gasteiger partial charge < -0.3 is 4.74 Å². The van der Waals surface area contributed by atoms with Crippen LogP contribution in [0.15, 0.2) is 54.6 Å². The number of rotatable bonds is 9. The molecule has 0 N–H and O–H groups in total. The van der Waals surface area contributed by atoms with Crippen molar-refractivity contribution in [2.45, 2.75) is 64.4 Å². The molecule has 224 valence electrons. The molecule has 0 spiro atoms. The number of alkyl halides is 5. The quantitative estimate of drug-likeness (QED) is 0.225. The van der Waals surface area contributed by atoms with Crippen molar-refractivity contribution in [3.8, 4) is 28.0 Å². The average Bonchev–Trinajstić information content (AvgIpc) is 2.92. The molecule has 1 saturated carbocycles. The minimum atomic E-state index is -4.93. The predicted octanol–water partition coefficient (Wildman–Crippen LogP) is 10.8. The SMILES string of the molecule is CCCC1CCC(CCF)CC1.Fc1ccc(-c2cc(F)c(-c3ccc(OC(F)(F)C(F)F)c(F)c3)c(F)c2)cc1. The summed E-state index contributed by atoms with van der Waals surface area (Å²) in [7, 11) is 0. The highest BCUT2D eigenvalue weighted by atomic mass is 19.3. The summed E-state index contributed by atoms with van der Waals surface area (Å²) in [6.07, 6.45) is -0.314. The number of ether oxygens (including phenoxy) is 1. The van der Waals surface area contributed by atoms with E-state index in [1.807, 2.05) is 0 Å². The molecule has 0 unspecified atom stereocenters. The lowest BCUT2D eigenvalue weighted by atomic mass is 9.79. The van der Waals surface area contributed by atoms with Gasteiger partial charge in [-0.3, -0.25) is 4.39 Å². The van der Waals surface area contributed by atoms with Gasteiger partial charge in [-0.2, -0.15) is 17.6 Å². The van der Waals surface area contributed by atoms with Crippen molar-refractivity contribution in [2.24, 2.45) is 11.8 Å². The highest BCUT2D eigenvalue weighted by Crippen LogP contribution is 2.36. The Morgan fingerprint density at radius 3 is 1.73 bits per heavy atom. The largest absolute Gasteiger partial charge is 0.461 e. The molecular weight excluding hydrogens is 559 g/mol. The molecule has 41 heavy (non-hydrogen) atoms. The maximum Gasteiger partial charge on any atom is 0.461 e. The fourth-order valence-electron chi connectivity index (χ4n) is 4.96. The van der Waals surface area contributed by atoms with Crippen molar-refractivity contribution < 1.29 is 44.3 Å². The first kappa shape index (κ1) is 32.3. The Hall–Kier alpha value is -3.17. The zero-order valence-electron chi connectivity index (χ0n) is 22.4. The van der Waals surface area contributed by atoms with Crippen molar-refractivity contribution in [1.82, 2.24) is 0 Å². The Morgan fingerprint density at radius 2 is 1.24 bits per heavy atom. The van der Waals surface area contributed by atoms with E-state index in [0.29, 0.717) is 23.6 Å². The number of hydrogen-bond donors (Lipinski definition) is 0. The van der Waals surface area contributed by atoms with Crippen LogP contribution in [0.25, 0.3) is 22.3 Å². The van der Waals surface area contributed by atoms with Crippen LogP contribution in [0.4, 0.5) is 39.5 Å². The van der Waals surface area contributed by atoms with Crippen LogP contribution in [0.2, 0.25) is 0 Å². The molecule has 0 radical (unpaired) electrons. The van der Waals surface area contributed by atoms with Crippen LogP contribution in [-0.2, 0) is 0 Å². The van der Waals surface area contributed by atoms with E-state index in [4.69, 9.17) is 0 Å². The molecule has 4 rings (SSSR count). The Bertz CT molecular complexity index is 1220. The second kappa shape index (κ2) is 14.6. The van der Waals surface area contributed by atoms with Gasteiger partial charge in [0.1, 0.15) is 17.5 Å². The number of benzene rings is 3. The third-order valence-corrected chi connectivity index (χ3v) is 7.12. The summed E-state index contributed by atoms with van der Waals surface area (Å²) < 4.78 is 122. The van der Waals surface area contributed by atoms with Crippen LogP contribution in [0, 0.1) is 35.1 Å². The summed E-state index contributed by atoms with van der Waals surface area (Å²) in [6.45, 7) is 2.15. The lowest BCUT2D eigenvalue weighted by Crippen LogP contribution is -2.33. The number of hydrogen-bond acceptors (Lipinski definition) is 1. The van der Waals surface area contributed by atoms with Gasteiger partial charge in [0.2, 0.25) is 0 Å². The molecule has 0 bridgehead atoms. The average molecular weight is 591 g/mol. The molecular formula is C31H31F9O. The summed E-state index contributed by atoms with van der Waals surface area (Å²) in [6, 6.07) is 8.56. The zero-order chi connectivity index (χ0) is 30.2. The van der Waals surface area contributed by atoms with Gasteiger partial charge in [0, 0.05) is 0 Å². The smallest absolute Gasteiger partial charge is 0.425 e. The van der Waals surface area contributed by atoms with Crippen molar-refractivity contribution >= 4 is 0 Å². The molecule has 3 aromatic carbocycles. The zero-order valence-corrected chi connectivity index (χ0v) is 22.4. The third kappa shape index (κ3) is 8.91. The molecule has 0 aromatic heterocycles. The van der Waals surface area contributed by atoms with Gasteiger partial charge in [-0.15, -0.1) is 0 Å². The molecule has 1 aliphatic carbocycles. The first-order valence-electron chi connectivity index (χ1n) is 13.4. The summed E-state index contributed by atoms with van der Waals surface area (Å²) in [5.74, 6) is -3.78. The second-order valence-corrected chi connectivity index (χ2v) is 10.1. The van der Waals surface area contributed by atoms with E-state index in [9.17, 15) is 39.5 Å².